The van der Waals surface area contributed by atoms with Gasteiger partial charge >= 0.3 is 65.1 Å². The Kier molecular flexibility index (Phi) is 10.8. The third kappa shape index (κ3) is 6.10. The Balaban J connectivity index is -0.00000121. The number of methoxy groups -OCH3 is 2. The van der Waals surface area contributed by atoms with E-state index in [1.54, 1.807) is 12.1 Å². The summed E-state index contributed by atoms with van der Waals surface area (Å²) < 4.78 is 10.1. The Hall–Kier alpha value is 0.0100. The quantitative estimate of drug-likeness (QED) is 0.448. The molecule has 2 aromatic rings. The van der Waals surface area contributed by atoms with Crippen LogP contribution in [0.25, 0.3) is 0 Å². The van der Waals surface area contributed by atoms with Gasteiger partial charge in [0.05, 0.1) is 30.9 Å². The molecule has 114 valence electrons. The Morgan fingerprint density at radius 1 is 1.22 bits per heavy atom. The molecule has 0 aliphatic carbocycles. The molecule has 0 saturated carbocycles. The van der Waals surface area contributed by atoms with Gasteiger partial charge in [0, 0.05) is 4.90 Å². The average Bonchev–Trinajstić information content (AvgIpc) is 2.46. The van der Waals surface area contributed by atoms with Crippen LogP contribution in [0.4, 0.5) is 0 Å². The van der Waals surface area contributed by atoms with Crippen LogP contribution >= 0.6 is 23.4 Å². The molecule has 0 unspecified atom stereocenters. The third-order valence-electron chi connectivity index (χ3n) is 2.47. The molecule has 0 saturated heterocycles. The topological polar surface area (TPSA) is 81.5 Å². The second-order valence-electron chi connectivity index (χ2n) is 3.76. The van der Waals surface area contributed by atoms with E-state index in [4.69, 9.17) is 21.1 Å². The minimum Gasteiger partial charge on any atom is -1.00 e. The Bertz CT molecular complexity index is 679. The zero-order valence-electron chi connectivity index (χ0n) is 15.2. The number of hydrogen-bond donors (Lipinski definition) is 1. The average molecular weight is 375 g/mol. The minimum atomic E-state index is -1.11. The van der Waals surface area contributed by atoms with E-state index in [2.05, 4.69) is 9.97 Å². The van der Waals surface area contributed by atoms with Crippen molar-refractivity contribution in [2.45, 2.75) is 10.1 Å². The first kappa shape index (κ1) is 23.0. The smallest absolute Gasteiger partial charge is 1.00 e. The van der Waals surface area contributed by atoms with Gasteiger partial charge in [0.2, 0.25) is 11.8 Å². The summed E-state index contributed by atoms with van der Waals surface area (Å²) in [7, 11) is 2.94. The van der Waals surface area contributed by atoms with Crippen molar-refractivity contribution in [1.29, 1.82) is 0 Å². The summed E-state index contributed by atoms with van der Waals surface area (Å²) in [6, 6.07) is 6.34. The van der Waals surface area contributed by atoms with E-state index in [1.807, 2.05) is 0 Å². The van der Waals surface area contributed by atoms with E-state index in [1.165, 1.54) is 26.4 Å². The van der Waals surface area contributed by atoms with Crippen LogP contribution in [0, 0.1) is 0 Å². The molecule has 0 atom stereocenters. The van der Waals surface area contributed by atoms with E-state index in [-0.39, 0.29) is 72.6 Å². The molecule has 10 heteroatoms. The van der Waals surface area contributed by atoms with Gasteiger partial charge in [0.15, 0.2) is 5.16 Å². The first-order chi connectivity index (χ1) is 10.0. The second kappa shape index (κ2) is 10.8. The predicted octanol–water partition coefficient (Wildman–Crippen LogP) is -2.77. The van der Waals surface area contributed by atoms with Crippen molar-refractivity contribution in [3.8, 4) is 11.8 Å². The number of hydrogen-bond acceptors (Lipinski definition) is 6. The van der Waals surface area contributed by atoms with E-state index in [0.29, 0.717) is 21.8 Å². The molecule has 0 aliphatic heterocycles. The molecule has 1 aromatic carbocycles. The van der Waals surface area contributed by atoms with Crippen LogP contribution in [0.3, 0.4) is 0 Å². The molecular formula is C13H13ClN2Na2O4S. The predicted molar refractivity (Wildman–Crippen MR) is 79.9 cm³/mol. The van der Waals surface area contributed by atoms with Gasteiger partial charge in [-0.3, -0.25) is 0 Å². The number of halogens is 1. The number of carboxylic acid groups (broad SMARTS) is 1. The van der Waals surface area contributed by atoms with Crippen molar-refractivity contribution in [2.24, 2.45) is 0 Å². The first-order valence-corrected chi connectivity index (χ1v) is 6.91. The molecule has 0 bridgehead atoms. The van der Waals surface area contributed by atoms with Crippen LogP contribution in [0.2, 0.25) is 5.02 Å². The van der Waals surface area contributed by atoms with Crippen molar-refractivity contribution in [3.05, 3.63) is 34.9 Å². The fourth-order valence-electron chi connectivity index (χ4n) is 1.53. The van der Waals surface area contributed by atoms with E-state index >= 15 is 0 Å². The van der Waals surface area contributed by atoms with Crippen LogP contribution in [0.15, 0.2) is 34.3 Å². The van der Waals surface area contributed by atoms with Crippen molar-refractivity contribution in [2.75, 3.05) is 14.2 Å². The zero-order valence-corrected chi connectivity index (χ0v) is 18.7. The monoisotopic (exact) mass is 374 g/mol. The maximum absolute atomic E-state index is 11.3. The molecule has 0 amide bonds. The summed E-state index contributed by atoms with van der Waals surface area (Å²) in [5.41, 5.74) is 0.00885. The maximum Gasteiger partial charge on any atom is 1.00 e. The van der Waals surface area contributed by atoms with Crippen molar-refractivity contribution in [3.63, 3.8) is 0 Å². The number of rotatable bonds is 5. The number of benzene rings is 1. The third-order valence-corrected chi connectivity index (χ3v) is 3.71. The molecule has 2 rings (SSSR count). The normalized spacial score (nSPS) is 9.35. The van der Waals surface area contributed by atoms with Crippen LogP contribution in [0.1, 0.15) is 13.2 Å². The summed E-state index contributed by atoms with van der Waals surface area (Å²) in [5, 5.41) is 9.69. The van der Waals surface area contributed by atoms with Crippen LogP contribution in [-0.2, 0) is 0 Å². The van der Waals surface area contributed by atoms with Gasteiger partial charge in [0.1, 0.15) is 0 Å². The van der Waals surface area contributed by atoms with Gasteiger partial charge in [-0.1, -0.05) is 17.7 Å². The largest absolute Gasteiger partial charge is 1.00 e. The molecule has 1 heterocycles. The fourth-order valence-corrected chi connectivity index (χ4v) is 2.76. The van der Waals surface area contributed by atoms with Gasteiger partial charge in [-0.15, -0.1) is 0 Å². The number of ether oxygens (including phenoxy) is 2. The Morgan fingerprint density at radius 2 is 1.78 bits per heavy atom. The maximum atomic E-state index is 11.3. The van der Waals surface area contributed by atoms with Gasteiger partial charge in [0.25, 0.3) is 0 Å². The van der Waals surface area contributed by atoms with Gasteiger partial charge < -0.3 is 17.4 Å². The molecular weight excluding hydrogens is 362 g/mol. The summed E-state index contributed by atoms with van der Waals surface area (Å²) in [4.78, 5) is 20.0. The molecule has 0 aliphatic rings. The van der Waals surface area contributed by atoms with Gasteiger partial charge in [-0.2, -0.15) is 9.97 Å². The summed E-state index contributed by atoms with van der Waals surface area (Å²) in [5.74, 6) is -0.468. The molecule has 23 heavy (non-hydrogen) atoms. The molecule has 0 spiro atoms. The number of aromatic nitrogens is 2. The molecule has 1 N–H and O–H groups in total. The summed E-state index contributed by atoms with van der Waals surface area (Å²) >= 11 is 6.99. The van der Waals surface area contributed by atoms with Gasteiger partial charge in [-0.05, 0) is 23.9 Å². The SMILES string of the molecule is COc1cc(OC)nc(Sc2cccc(Cl)c2C(=O)O)n1.[H-].[H-].[Na+].[Na+]. The first-order valence-electron chi connectivity index (χ1n) is 5.72. The van der Waals surface area contributed by atoms with Crippen molar-refractivity contribution >= 4 is 29.3 Å². The molecule has 0 fully saturated rings. The number of carboxylic acids is 1. The van der Waals surface area contributed by atoms with Crippen LogP contribution in [0.5, 0.6) is 11.8 Å². The molecule has 0 radical (unpaired) electrons. The molecule has 6 nitrogen and oxygen atoms in total. The van der Waals surface area contributed by atoms with E-state index < -0.39 is 5.97 Å². The Labute approximate surface area is 189 Å². The van der Waals surface area contributed by atoms with Crippen molar-refractivity contribution in [1.82, 2.24) is 9.97 Å². The molecule has 1 aromatic heterocycles. The summed E-state index contributed by atoms with van der Waals surface area (Å²) in [6.07, 6.45) is 0. The fraction of sp³-hybridized carbons (Fsp3) is 0.154. The zero-order chi connectivity index (χ0) is 15.4. The Morgan fingerprint density at radius 3 is 2.26 bits per heavy atom. The standard InChI is InChI=1S/C13H11ClN2O4S.2Na.2H/c1-19-9-6-10(20-2)16-13(15-9)21-8-5-3-4-7(14)11(8)12(17)18;;;;/h3-6H,1-2H3,(H,17,18);;;;/q;2*+1;2*-1. The number of aromatic carboxylic acids is 1. The minimum absolute atomic E-state index is 0. The van der Waals surface area contributed by atoms with Crippen LogP contribution < -0.4 is 68.6 Å². The number of nitrogens with zero attached hydrogens (tertiary/aromatic N) is 2. The number of carbonyl (C=O) groups is 1. The van der Waals surface area contributed by atoms with Crippen LogP contribution in [-0.4, -0.2) is 35.3 Å². The van der Waals surface area contributed by atoms with Gasteiger partial charge in [-0.25, -0.2) is 4.79 Å². The second-order valence-corrected chi connectivity index (χ2v) is 5.17. The van der Waals surface area contributed by atoms with Crippen molar-refractivity contribution < 1.29 is 81.3 Å². The van der Waals surface area contributed by atoms with E-state index in [0.717, 1.165) is 11.8 Å². The van der Waals surface area contributed by atoms with E-state index in [9.17, 15) is 9.90 Å². The summed E-state index contributed by atoms with van der Waals surface area (Å²) in [6.45, 7) is 0.